The zero-order chi connectivity index (χ0) is 15.5. The van der Waals surface area contributed by atoms with Crippen molar-refractivity contribution in [2.75, 3.05) is 0 Å². The van der Waals surface area contributed by atoms with E-state index in [1.54, 1.807) is 12.1 Å². The smallest absolute Gasteiger partial charge is 0.261 e. The molecule has 110 valence electrons. The average Bonchev–Trinajstić information content (AvgIpc) is 2.45. The van der Waals surface area contributed by atoms with E-state index in [2.05, 4.69) is 5.32 Å². The Hall–Kier alpha value is -1.92. The Morgan fingerprint density at radius 2 is 1.62 bits per heavy atom. The van der Waals surface area contributed by atoms with Crippen LogP contribution >= 0.6 is 10.7 Å². The first-order valence-corrected chi connectivity index (χ1v) is 8.24. The summed E-state index contributed by atoms with van der Waals surface area (Å²) in [4.78, 5) is 11.8. The molecule has 0 saturated heterocycles. The summed E-state index contributed by atoms with van der Waals surface area (Å²) < 4.78 is 34.9. The SMILES string of the molecule is O=C(NCc1ccc(S(=O)(=O)Cl)cc1)c1ccc(F)cc1. The summed E-state index contributed by atoms with van der Waals surface area (Å²) in [5.41, 5.74) is 1.06. The summed E-state index contributed by atoms with van der Waals surface area (Å²) in [5, 5.41) is 2.65. The second-order valence-corrected chi connectivity index (χ2v) is 6.84. The lowest BCUT2D eigenvalue weighted by atomic mass is 10.2. The average molecular weight is 328 g/mol. The Balaban J connectivity index is 2.00. The molecule has 1 amide bonds. The third kappa shape index (κ3) is 4.27. The predicted octanol–water partition coefficient (Wildman–Crippen LogP) is 2.68. The molecule has 0 aliphatic heterocycles. The number of halogens is 2. The Kier molecular flexibility index (Phi) is 4.59. The van der Waals surface area contributed by atoms with Crippen molar-refractivity contribution in [3.05, 3.63) is 65.5 Å². The van der Waals surface area contributed by atoms with Gasteiger partial charge >= 0.3 is 0 Å². The maximum absolute atomic E-state index is 12.7. The van der Waals surface area contributed by atoms with Gasteiger partial charge in [-0.3, -0.25) is 4.79 Å². The molecule has 0 spiro atoms. The van der Waals surface area contributed by atoms with Crippen molar-refractivity contribution in [2.24, 2.45) is 0 Å². The second kappa shape index (κ2) is 6.24. The topological polar surface area (TPSA) is 63.2 Å². The minimum atomic E-state index is -3.75. The molecule has 2 aromatic carbocycles. The number of hydrogen-bond acceptors (Lipinski definition) is 3. The van der Waals surface area contributed by atoms with Crippen LogP contribution in [0.4, 0.5) is 4.39 Å². The van der Waals surface area contributed by atoms with Gasteiger partial charge in [-0.25, -0.2) is 12.8 Å². The largest absolute Gasteiger partial charge is 0.348 e. The maximum Gasteiger partial charge on any atom is 0.261 e. The molecule has 0 atom stereocenters. The van der Waals surface area contributed by atoms with Crippen molar-refractivity contribution in [3.63, 3.8) is 0 Å². The van der Waals surface area contributed by atoms with Crippen molar-refractivity contribution in [3.8, 4) is 0 Å². The lowest BCUT2D eigenvalue weighted by Gasteiger charge is -2.06. The Morgan fingerprint density at radius 1 is 1.05 bits per heavy atom. The number of benzene rings is 2. The number of amides is 1. The molecule has 0 bridgehead atoms. The number of rotatable bonds is 4. The maximum atomic E-state index is 12.7. The zero-order valence-corrected chi connectivity index (χ0v) is 12.3. The van der Waals surface area contributed by atoms with Gasteiger partial charge in [-0.1, -0.05) is 12.1 Å². The first kappa shape index (κ1) is 15.5. The van der Waals surface area contributed by atoms with Gasteiger partial charge in [0.1, 0.15) is 5.82 Å². The molecule has 2 aromatic rings. The molecule has 0 heterocycles. The molecule has 0 saturated carbocycles. The molecule has 0 aromatic heterocycles. The first-order chi connectivity index (χ1) is 9.86. The number of carbonyl (C=O) groups excluding carboxylic acids is 1. The Bertz CT molecular complexity index is 743. The van der Waals surface area contributed by atoms with Crippen molar-refractivity contribution < 1.29 is 17.6 Å². The lowest BCUT2D eigenvalue weighted by Crippen LogP contribution is -2.22. The molecule has 0 unspecified atom stereocenters. The van der Waals surface area contributed by atoms with Crippen LogP contribution in [0.25, 0.3) is 0 Å². The fourth-order valence-electron chi connectivity index (χ4n) is 1.66. The van der Waals surface area contributed by atoms with Gasteiger partial charge in [-0.15, -0.1) is 0 Å². The highest BCUT2D eigenvalue weighted by Gasteiger charge is 2.09. The Labute approximate surface area is 126 Å². The van der Waals surface area contributed by atoms with Crippen LogP contribution in [0, 0.1) is 5.82 Å². The van der Waals surface area contributed by atoms with Crippen LogP contribution in [0.2, 0.25) is 0 Å². The minimum absolute atomic E-state index is 0.00206. The molecule has 1 N–H and O–H groups in total. The van der Waals surface area contributed by atoms with Gasteiger partial charge in [0, 0.05) is 22.8 Å². The summed E-state index contributed by atoms with van der Waals surface area (Å²) in [7, 11) is 1.45. The minimum Gasteiger partial charge on any atom is -0.348 e. The van der Waals surface area contributed by atoms with E-state index in [1.807, 2.05) is 0 Å². The highest BCUT2D eigenvalue weighted by Crippen LogP contribution is 2.15. The van der Waals surface area contributed by atoms with Crippen molar-refractivity contribution in [1.82, 2.24) is 5.32 Å². The third-order valence-corrected chi connectivity index (χ3v) is 4.13. The summed E-state index contributed by atoms with van der Waals surface area (Å²) >= 11 is 0. The molecule has 0 fully saturated rings. The normalized spacial score (nSPS) is 11.1. The summed E-state index contributed by atoms with van der Waals surface area (Å²) in [6, 6.07) is 11.0. The van der Waals surface area contributed by atoms with Crippen LogP contribution in [-0.2, 0) is 15.6 Å². The van der Waals surface area contributed by atoms with E-state index in [-0.39, 0.29) is 17.3 Å². The number of hydrogen-bond donors (Lipinski definition) is 1. The molecule has 7 heteroatoms. The summed E-state index contributed by atoms with van der Waals surface area (Å²) in [5.74, 6) is -0.756. The van der Waals surface area contributed by atoms with Crippen LogP contribution in [0.3, 0.4) is 0 Å². The van der Waals surface area contributed by atoms with Gasteiger partial charge in [0.05, 0.1) is 4.90 Å². The van der Waals surface area contributed by atoms with Crippen LogP contribution < -0.4 is 5.32 Å². The fraction of sp³-hybridized carbons (Fsp3) is 0.0714. The molecule has 4 nitrogen and oxygen atoms in total. The predicted molar refractivity (Wildman–Crippen MR) is 77.1 cm³/mol. The second-order valence-electron chi connectivity index (χ2n) is 4.27. The highest BCUT2D eigenvalue weighted by atomic mass is 35.7. The molecular weight excluding hydrogens is 317 g/mol. The molecule has 0 radical (unpaired) electrons. The van der Waals surface area contributed by atoms with Crippen LogP contribution in [0.15, 0.2) is 53.4 Å². The van der Waals surface area contributed by atoms with E-state index < -0.39 is 14.9 Å². The van der Waals surface area contributed by atoms with Crippen molar-refractivity contribution in [2.45, 2.75) is 11.4 Å². The van der Waals surface area contributed by atoms with Crippen LogP contribution in [-0.4, -0.2) is 14.3 Å². The fourth-order valence-corrected chi connectivity index (χ4v) is 2.43. The van der Waals surface area contributed by atoms with E-state index in [9.17, 15) is 17.6 Å². The van der Waals surface area contributed by atoms with E-state index in [4.69, 9.17) is 10.7 Å². The summed E-state index contributed by atoms with van der Waals surface area (Å²) in [6.45, 7) is 0.221. The van der Waals surface area contributed by atoms with E-state index in [1.165, 1.54) is 36.4 Å². The van der Waals surface area contributed by atoms with E-state index in [0.717, 1.165) is 5.56 Å². The Morgan fingerprint density at radius 3 is 2.14 bits per heavy atom. The van der Waals surface area contributed by atoms with Gasteiger partial charge in [0.15, 0.2) is 0 Å². The lowest BCUT2D eigenvalue weighted by molar-refractivity contribution is 0.0951. The first-order valence-electron chi connectivity index (χ1n) is 5.93. The number of nitrogens with one attached hydrogen (secondary N) is 1. The highest BCUT2D eigenvalue weighted by molar-refractivity contribution is 8.13. The van der Waals surface area contributed by atoms with Gasteiger partial charge in [-0.05, 0) is 42.0 Å². The molecular formula is C14H11ClFNO3S. The van der Waals surface area contributed by atoms with E-state index >= 15 is 0 Å². The quantitative estimate of drug-likeness (QED) is 0.878. The van der Waals surface area contributed by atoms with Gasteiger partial charge in [0.2, 0.25) is 0 Å². The van der Waals surface area contributed by atoms with Crippen LogP contribution in [0.1, 0.15) is 15.9 Å². The van der Waals surface area contributed by atoms with Crippen LogP contribution in [0.5, 0.6) is 0 Å². The van der Waals surface area contributed by atoms with Gasteiger partial charge in [-0.2, -0.15) is 0 Å². The molecule has 21 heavy (non-hydrogen) atoms. The molecule has 0 aliphatic rings. The van der Waals surface area contributed by atoms with E-state index in [0.29, 0.717) is 5.56 Å². The zero-order valence-electron chi connectivity index (χ0n) is 10.7. The molecule has 0 aliphatic carbocycles. The van der Waals surface area contributed by atoms with Gasteiger partial charge in [0.25, 0.3) is 15.0 Å². The summed E-state index contributed by atoms with van der Waals surface area (Å²) in [6.07, 6.45) is 0. The standard InChI is InChI=1S/C14H11ClFNO3S/c15-21(19,20)13-7-1-10(2-8-13)9-17-14(18)11-3-5-12(16)6-4-11/h1-8H,9H2,(H,17,18). The van der Waals surface area contributed by atoms with Crippen molar-refractivity contribution >= 4 is 25.6 Å². The molecule has 2 rings (SSSR count). The third-order valence-electron chi connectivity index (χ3n) is 2.76. The van der Waals surface area contributed by atoms with Crippen molar-refractivity contribution in [1.29, 1.82) is 0 Å². The van der Waals surface area contributed by atoms with Gasteiger partial charge < -0.3 is 5.32 Å². The monoisotopic (exact) mass is 327 g/mol. The number of carbonyl (C=O) groups is 1.